The highest BCUT2D eigenvalue weighted by Gasteiger charge is 2.10. The second-order valence-corrected chi connectivity index (χ2v) is 4.21. The van der Waals surface area contributed by atoms with E-state index in [4.69, 9.17) is 0 Å². The van der Waals surface area contributed by atoms with Gasteiger partial charge in [0.15, 0.2) is 0 Å². The minimum absolute atomic E-state index is 0.121. The van der Waals surface area contributed by atoms with E-state index in [-0.39, 0.29) is 5.92 Å². The summed E-state index contributed by atoms with van der Waals surface area (Å²) in [7, 11) is 0. The number of hydrogen-bond donors (Lipinski definition) is 0. The van der Waals surface area contributed by atoms with Crippen molar-refractivity contribution in [1.29, 1.82) is 0 Å². The Morgan fingerprint density at radius 2 is 2.00 bits per heavy atom. The van der Waals surface area contributed by atoms with Crippen molar-refractivity contribution < 1.29 is 4.79 Å². The molecule has 82 valence electrons. The van der Waals surface area contributed by atoms with Crippen LogP contribution in [0.2, 0.25) is 0 Å². The molecule has 1 aromatic rings. The molecule has 0 N–H and O–H groups in total. The topological polar surface area (TPSA) is 17.1 Å². The molecule has 1 aliphatic carbocycles. The third-order valence-corrected chi connectivity index (χ3v) is 2.98. The lowest BCUT2D eigenvalue weighted by Crippen LogP contribution is -2.08. The van der Waals surface area contributed by atoms with Gasteiger partial charge in [-0.2, -0.15) is 0 Å². The van der Waals surface area contributed by atoms with Gasteiger partial charge in [0.25, 0.3) is 0 Å². The molecule has 1 unspecified atom stereocenters. The van der Waals surface area contributed by atoms with Crippen molar-refractivity contribution in [2.45, 2.75) is 25.7 Å². The molecule has 1 atom stereocenters. The predicted octanol–water partition coefficient (Wildman–Crippen LogP) is 3.02. The molecule has 0 fully saturated rings. The van der Waals surface area contributed by atoms with Crippen LogP contribution in [0.4, 0.5) is 0 Å². The van der Waals surface area contributed by atoms with E-state index in [9.17, 15) is 4.79 Å². The van der Waals surface area contributed by atoms with E-state index in [1.807, 2.05) is 6.07 Å². The van der Waals surface area contributed by atoms with E-state index in [1.54, 1.807) is 0 Å². The van der Waals surface area contributed by atoms with Gasteiger partial charge in [0.05, 0.1) is 0 Å². The van der Waals surface area contributed by atoms with Crippen molar-refractivity contribution in [1.82, 2.24) is 0 Å². The molecule has 0 amide bonds. The molecule has 0 aliphatic heterocycles. The van der Waals surface area contributed by atoms with Gasteiger partial charge >= 0.3 is 0 Å². The number of allylic oxidation sites excluding steroid dienone is 2. The van der Waals surface area contributed by atoms with Crippen molar-refractivity contribution in [2.75, 3.05) is 0 Å². The van der Waals surface area contributed by atoms with Crippen molar-refractivity contribution >= 4 is 6.29 Å². The minimum Gasteiger partial charge on any atom is -0.303 e. The lowest BCUT2D eigenvalue weighted by atomic mass is 9.91. The van der Waals surface area contributed by atoms with Crippen LogP contribution in [0.1, 0.15) is 24.0 Å². The number of benzene rings is 1. The van der Waals surface area contributed by atoms with Gasteiger partial charge in [-0.3, -0.25) is 0 Å². The van der Waals surface area contributed by atoms with Crippen LogP contribution < -0.4 is 0 Å². The number of rotatable bonds is 1. The number of hydrogen-bond acceptors (Lipinski definition) is 1. The van der Waals surface area contributed by atoms with Gasteiger partial charge in [-0.15, -0.1) is 0 Å². The van der Waals surface area contributed by atoms with Crippen LogP contribution in [0, 0.1) is 12.3 Å². The Morgan fingerprint density at radius 1 is 1.19 bits per heavy atom. The summed E-state index contributed by atoms with van der Waals surface area (Å²) in [5, 5.41) is 0. The van der Waals surface area contributed by atoms with Gasteiger partial charge in [0.2, 0.25) is 0 Å². The predicted molar refractivity (Wildman–Crippen MR) is 65.0 cm³/mol. The average molecular weight is 212 g/mol. The summed E-state index contributed by atoms with van der Waals surface area (Å²) >= 11 is 0. The van der Waals surface area contributed by atoms with E-state index in [1.165, 1.54) is 11.1 Å². The highest BCUT2D eigenvalue weighted by Crippen LogP contribution is 2.19. The molecule has 0 saturated heterocycles. The van der Waals surface area contributed by atoms with Crippen LogP contribution in [0.15, 0.2) is 36.4 Å². The lowest BCUT2D eigenvalue weighted by Gasteiger charge is -2.13. The van der Waals surface area contributed by atoms with Crippen molar-refractivity contribution in [2.24, 2.45) is 5.92 Å². The highest BCUT2D eigenvalue weighted by atomic mass is 16.1. The van der Waals surface area contributed by atoms with Gasteiger partial charge < -0.3 is 4.79 Å². The summed E-state index contributed by atoms with van der Waals surface area (Å²) in [5.74, 6) is 0.121. The van der Waals surface area contributed by atoms with Gasteiger partial charge in [0.1, 0.15) is 6.29 Å². The van der Waals surface area contributed by atoms with Crippen molar-refractivity contribution in [3.8, 4) is 0 Å². The molecule has 16 heavy (non-hydrogen) atoms. The number of aldehydes is 1. The monoisotopic (exact) mass is 212 g/mol. The van der Waals surface area contributed by atoms with E-state index in [0.717, 1.165) is 32.0 Å². The fourth-order valence-electron chi connectivity index (χ4n) is 2.04. The summed E-state index contributed by atoms with van der Waals surface area (Å²) in [6, 6.07) is 8.36. The summed E-state index contributed by atoms with van der Waals surface area (Å²) in [4.78, 5) is 11.0. The molecule has 1 nitrogen and oxygen atoms in total. The van der Waals surface area contributed by atoms with E-state index >= 15 is 0 Å². The SMILES string of the molecule is O=CC1C/C=C\C[C]Cc2ccccc2C1. The Bertz CT molecular complexity index is 379. The van der Waals surface area contributed by atoms with Crippen LogP contribution in [0.3, 0.4) is 0 Å². The lowest BCUT2D eigenvalue weighted by molar-refractivity contribution is -0.111. The molecule has 0 spiro atoms. The van der Waals surface area contributed by atoms with E-state index in [2.05, 4.69) is 36.8 Å². The first-order valence-corrected chi connectivity index (χ1v) is 5.78. The summed E-state index contributed by atoms with van der Waals surface area (Å²) in [6.07, 6.45) is 12.1. The largest absolute Gasteiger partial charge is 0.303 e. The molecule has 1 heteroatoms. The maximum Gasteiger partial charge on any atom is 0.123 e. The van der Waals surface area contributed by atoms with Crippen LogP contribution in [-0.4, -0.2) is 6.29 Å². The Morgan fingerprint density at radius 3 is 2.81 bits per heavy atom. The maximum absolute atomic E-state index is 11.0. The first-order valence-electron chi connectivity index (χ1n) is 5.78. The Hall–Kier alpha value is -1.37. The molecule has 0 heterocycles. The zero-order valence-electron chi connectivity index (χ0n) is 9.36. The molecule has 2 radical (unpaired) electrons. The van der Waals surface area contributed by atoms with Gasteiger partial charge in [-0.1, -0.05) is 36.4 Å². The summed E-state index contributed by atoms with van der Waals surface area (Å²) in [5.41, 5.74) is 2.60. The smallest absolute Gasteiger partial charge is 0.123 e. The molecule has 0 aromatic heterocycles. The Kier molecular flexibility index (Phi) is 3.92. The second-order valence-electron chi connectivity index (χ2n) is 4.21. The van der Waals surface area contributed by atoms with E-state index < -0.39 is 0 Å². The molecular weight excluding hydrogens is 196 g/mol. The third-order valence-electron chi connectivity index (χ3n) is 2.98. The molecule has 0 saturated carbocycles. The standard InChI is InChI=1S/C15H16O/c16-12-13-7-3-1-2-4-8-14-9-5-6-10-15(14)11-13/h1,3,5-6,9-10,12-13H,2,7-8,11H2/b3-1-. The fraction of sp³-hybridized carbons (Fsp3) is 0.333. The van der Waals surface area contributed by atoms with Crippen LogP contribution >= 0.6 is 0 Å². The summed E-state index contributed by atoms with van der Waals surface area (Å²) in [6.45, 7) is 0. The normalized spacial score (nSPS) is 23.1. The zero-order valence-corrected chi connectivity index (χ0v) is 9.36. The second kappa shape index (κ2) is 5.64. The van der Waals surface area contributed by atoms with Gasteiger partial charge in [-0.05, 0) is 43.2 Å². The minimum atomic E-state index is 0.121. The van der Waals surface area contributed by atoms with Crippen LogP contribution in [0.25, 0.3) is 0 Å². The molecule has 1 aromatic carbocycles. The first-order chi connectivity index (χ1) is 7.90. The average Bonchev–Trinajstić information content (AvgIpc) is 2.34. The van der Waals surface area contributed by atoms with Crippen LogP contribution in [0.5, 0.6) is 0 Å². The van der Waals surface area contributed by atoms with Crippen molar-refractivity contribution in [3.05, 3.63) is 54.0 Å². The van der Waals surface area contributed by atoms with E-state index in [0.29, 0.717) is 0 Å². The Labute approximate surface area is 97.2 Å². The molecule has 2 rings (SSSR count). The van der Waals surface area contributed by atoms with Gasteiger partial charge in [-0.25, -0.2) is 0 Å². The Balaban J connectivity index is 2.23. The number of fused-ring (bicyclic) bond motifs is 1. The summed E-state index contributed by atoms with van der Waals surface area (Å²) < 4.78 is 0. The third kappa shape index (κ3) is 2.82. The first kappa shape index (κ1) is 11.1. The maximum atomic E-state index is 11.0. The fourth-order valence-corrected chi connectivity index (χ4v) is 2.04. The highest BCUT2D eigenvalue weighted by molar-refractivity contribution is 5.55. The molecule has 1 aliphatic rings. The number of carbonyl (C=O) groups is 1. The quantitative estimate of drug-likeness (QED) is 0.516. The molecular formula is C15H16O. The van der Waals surface area contributed by atoms with Crippen LogP contribution in [-0.2, 0) is 17.6 Å². The van der Waals surface area contributed by atoms with Crippen molar-refractivity contribution in [3.63, 3.8) is 0 Å². The molecule has 0 bridgehead atoms. The number of carbonyl (C=O) groups excluding carboxylic acids is 1. The zero-order chi connectivity index (χ0) is 11.2. The van der Waals surface area contributed by atoms with Gasteiger partial charge in [0, 0.05) is 5.92 Å².